The fourth-order valence-corrected chi connectivity index (χ4v) is 4.74. The number of hydrogen-bond donors (Lipinski definition) is 0. The van der Waals surface area contributed by atoms with E-state index >= 15 is 0 Å². The molecule has 0 saturated carbocycles. The summed E-state index contributed by atoms with van der Waals surface area (Å²) in [6.07, 6.45) is 0. The third-order valence-corrected chi connectivity index (χ3v) is 6.13. The second-order valence-electron chi connectivity index (χ2n) is 5.96. The van der Waals surface area contributed by atoms with Gasteiger partial charge in [-0.15, -0.1) is 0 Å². The van der Waals surface area contributed by atoms with Gasteiger partial charge in [-0.3, -0.25) is 0 Å². The van der Waals surface area contributed by atoms with Crippen molar-refractivity contribution in [2.45, 2.75) is 0 Å². The average Bonchev–Trinajstić information content (AvgIpc) is 2.67. The Morgan fingerprint density at radius 1 is 0.593 bits per heavy atom. The highest BCUT2D eigenvalue weighted by Crippen LogP contribution is 2.27. The van der Waals surface area contributed by atoms with Crippen molar-refractivity contribution < 1.29 is 14.3 Å². The summed E-state index contributed by atoms with van der Waals surface area (Å²) in [5.41, 5.74) is 0.779. The second kappa shape index (κ2) is 7.55. The minimum atomic E-state index is -0.641. The highest BCUT2D eigenvalue weighted by atomic mass is 127. The first-order chi connectivity index (χ1) is 13.1. The zero-order chi connectivity index (χ0) is 19.0. The lowest BCUT2D eigenvalue weighted by Crippen LogP contribution is -2.14. The summed E-state index contributed by atoms with van der Waals surface area (Å²) in [6, 6.07) is 22.4. The molecule has 0 heterocycles. The number of hydrogen-bond acceptors (Lipinski definition) is 3. The SMILES string of the molecule is O=C(OC(=O)c1cccc2cccc(I)c12)c1cccc2cccc(I)c12. The van der Waals surface area contributed by atoms with E-state index < -0.39 is 11.9 Å². The number of ether oxygens (including phenoxy) is 1. The van der Waals surface area contributed by atoms with Gasteiger partial charge in [0.05, 0.1) is 11.1 Å². The Bertz CT molecular complexity index is 1110. The Balaban J connectivity index is 1.74. The summed E-state index contributed by atoms with van der Waals surface area (Å²) in [5, 5.41) is 3.46. The lowest BCUT2D eigenvalue weighted by atomic mass is 10.0. The maximum absolute atomic E-state index is 12.8. The molecule has 4 aromatic rings. The topological polar surface area (TPSA) is 43.4 Å². The number of fused-ring (bicyclic) bond motifs is 2. The van der Waals surface area contributed by atoms with Gasteiger partial charge >= 0.3 is 11.9 Å². The third kappa shape index (κ3) is 3.45. The molecular formula is C22H12I2O3. The van der Waals surface area contributed by atoms with Gasteiger partial charge in [-0.2, -0.15) is 0 Å². The third-order valence-electron chi connectivity index (χ3n) is 4.33. The van der Waals surface area contributed by atoms with E-state index in [0.29, 0.717) is 11.1 Å². The molecule has 3 nitrogen and oxygen atoms in total. The summed E-state index contributed by atoms with van der Waals surface area (Å²) < 4.78 is 7.13. The molecule has 132 valence electrons. The number of carbonyl (C=O) groups excluding carboxylic acids is 2. The molecule has 0 aliphatic carbocycles. The standard InChI is InChI=1S/C22H12I2O3/c23-17-11-3-7-13-5-1-9-15(19(13)17)21(25)27-22(26)16-10-2-6-14-8-4-12-18(24)20(14)16/h1-12H. The molecule has 0 aliphatic heterocycles. The van der Waals surface area contributed by atoms with E-state index in [-0.39, 0.29) is 0 Å². The van der Waals surface area contributed by atoms with Gasteiger partial charge in [-0.25, -0.2) is 9.59 Å². The highest BCUT2D eigenvalue weighted by Gasteiger charge is 2.20. The fourth-order valence-electron chi connectivity index (χ4n) is 3.12. The van der Waals surface area contributed by atoms with Gasteiger partial charge in [0.2, 0.25) is 0 Å². The van der Waals surface area contributed by atoms with Crippen molar-refractivity contribution >= 4 is 78.7 Å². The van der Waals surface area contributed by atoms with E-state index in [1.54, 1.807) is 24.3 Å². The number of rotatable bonds is 2. The maximum atomic E-state index is 12.8. The molecule has 27 heavy (non-hydrogen) atoms. The molecule has 5 heteroatoms. The van der Waals surface area contributed by atoms with Gasteiger partial charge in [0.15, 0.2) is 0 Å². The van der Waals surface area contributed by atoms with Gasteiger partial charge in [0.1, 0.15) is 0 Å². The van der Waals surface area contributed by atoms with Crippen LogP contribution in [0.3, 0.4) is 0 Å². The van der Waals surface area contributed by atoms with Crippen LogP contribution in [0.2, 0.25) is 0 Å². The molecule has 0 saturated heterocycles. The molecule has 4 rings (SSSR count). The van der Waals surface area contributed by atoms with Crippen molar-refractivity contribution in [3.8, 4) is 0 Å². The van der Waals surface area contributed by atoms with Crippen LogP contribution in [0.15, 0.2) is 72.8 Å². The first kappa shape index (κ1) is 18.4. The molecular weight excluding hydrogens is 566 g/mol. The Morgan fingerprint density at radius 2 is 0.963 bits per heavy atom. The normalized spacial score (nSPS) is 10.9. The van der Waals surface area contributed by atoms with E-state index in [2.05, 4.69) is 45.2 Å². The van der Waals surface area contributed by atoms with E-state index in [0.717, 1.165) is 28.7 Å². The van der Waals surface area contributed by atoms with Crippen LogP contribution in [0.5, 0.6) is 0 Å². The number of halogens is 2. The molecule has 0 N–H and O–H groups in total. The van der Waals surface area contributed by atoms with Crippen molar-refractivity contribution in [3.63, 3.8) is 0 Å². The molecule has 0 atom stereocenters. The Labute approximate surface area is 183 Å². The van der Waals surface area contributed by atoms with E-state index in [1.165, 1.54) is 0 Å². The Kier molecular flexibility index (Phi) is 5.14. The van der Waals surface area contributed by atoms with Crippen LogP contribution >= 0.6 is 45.2 Å². The molecule has 0 amide bonds. The van der Waals surface area contributed by atoms with Crippen molar-refractivity contribution in [2.75, 3.05) is 0 Å². The van der Waals surface area contributed by atoms with E-state index in [1.807, 2.05) is 48.5 Å². The quantitative estimate of drug-likeness (QED) is 0.162. The molecule has 0 aliphatic rings. The summed E-state index contributed by atoms with van der Waals surface area (Å²) in [7, 11) is 0. The van der Waals surface area contributed by atoms with Gasteiger partial charge in [-0.05, 0) is 80.2 Å². The minimum Gasteiger partial charge on any atom is -0.386 e. The van der Waals surface area contributed by atoms with Crippen LogP contribution in [0.25, 0.3) is 21.5 Å². The predicted molar refractivity (Wildman–Crippen MR) is 123 cm³/mol. The fraction of sp³-hybridized carbons (Fsp3) is 0. The second-order valence-corrected chi connectivity index (χ2v) is 8.29. The van der Waals surface area contributed by atoms with E-state index in [4.69, 9.17) is 4.74 Å². The van der Waals surface area contributed by atoms with Crippen LogP contribution in [-0.2, 0) is 4.74 Å². The van der Waals surface area contributed by atoms with Crippen LogP contribution in [-0.4, -0.2) is 11.9 Å². The molecule has 0 spiro atoms. The van der Waals surface area contributed by atoms with Gasteiger partial charge in [-0.1, -0.05) is 48.5 Å². The number of esters is 2. The van der Waals surface area contributed by atoms with Crippen LogP contribution in [0.4, 0.5) is 0 Å². The molecule has 0 aromatic heterocycles. The summed E-state index contributed by atoms with van der Waals surface area (Å²) in [4.78, 5) is 25.5. The molecule has 0 bridgehead atoms. The predicted octanol–water partition coefficient (Wildman–Crippen LogP) is 6.20. The van der Waals surface area contributed by atoms with Crippen molar-refractivity contribution in [1.29, 1.82) is 0 Å². The lowest BCUT2D eigenvalue weighted by molar-refractivity contribution is 0.0400. The minimum absolute atomic E-state index is 0.390. The zero-order valence-corrected chi connectivity index (χ0v) is 18.2. The van der Waals surface area contributed by atoms with Crippen LogP contribution < -0.4 is 0 Å². The summed E-state index contributed by atoms with van der Waals surface area (Å²) in [5.74, 6) is -1.28. The molecule has 0 unspecified atom stereocenters. The maximum Gasteiger partial charge on any atom is 0.346 e. The van der Waals surface area contributed by atoms with Gasteiger partial charge < -0.3 is 4.74 Å². The largest absolute Gasteiger partial charge is 0.386 e. The summed E-state index contributed by atoms with van der Waals surface area (Å²) >= 11 is 4.37. The van der Waals surface area contributed by atoms with Gasteiger partial charge in [0.25, 0.3) is 0 Å². The summed E-state index contributed by atoms with van der Waals surface area (Å²) in [6.45, 7) is 0. The zero-order valence-electron chi connectivity index (χ0n) is 13.9. The van der Waals surface area contributed by atoms with Crippen molar-refractivity contribution in [3.05, 3.63) is 91.1 Å². The van der Waals surface area contributed by atoms with E-state index in [9.17, 15) is 9.59 Å². The van der Waals surface area contributed by atoms with Crippen molar-refractivity contribution in [1.82, 2.24) is 0 Å². The van der Waals surface area contributed by atoms with Crippen molar-refractivity contribution in [2.24, 2.45) is 0 Å². The molecule has 0 fully saturated rings. The monoisotopic (exact) mass is 578 g/mol. The number of benzene rings is 4. The smallest absolute Gasteiger partial charge is 0.346 e. The van der Waals surface area contributed by atoms with Crippen LogP contribution in [0, 0.1) is 7.14 Å². The van der Waals surface area contributed by atoms with Gasteiger partial charge in [0, 0.05) is 17.9 Å². The van der Waals surface area contributed by atoms with Crippen LogP contribution in [0.1, 0.15) is 20.7 Å². The Morgan fingerprint density at radius 3 is 1.37 bits per heavy atom. The highest BCUT2D eigenvalue weighted by molar-refractivity contribution is 14.1. The molecule has 4 aromatic carbocycles. The number of carbonyl (C=O) groups is 2. The average molecular weight is 578 g/mol. The Hall–Kier alpha value is -2.00. The lowest BCUT2D eigenvalue weighted by Gasteiger charge is -2.10. The first-order valence-corrected chi connectivity index (χ1v) is 10.3. The molecule has 0 radical (unpaired) electrons. The first-order valence-electron chi connectivity index (χ1n) is 8.17.